The van der Waals surface area contributed by atoms with Crippen LogP contribution in [-0.2, 0) is 19.1 Å². The number of ether oxygens (including phenoxy) is 2. The van der Waals surface area contributed by atoms with E-state index < -0.39 is 17.4 Å². The molecule has 4 heteroatoms. The molecule has 0 saturated heterocycles. The van der Waals surface area contributed by atoms with Gasteiger partial charge in [-0.3, -0.25) is 0 Å². The average molecular weight is 334 g/mol. The van der Waals surface area contributed by atoms with Gasteiger partial charge in [-0.05, 0) is 24.7 Å². The van der Waals surface area contributed by atoms with Crippen LogP contribution in [0.3, 0.4) is 0 Å². The van der Waals surface area contributed by atoms with Crippen molar-refractivity contribution in [2.24, 2.45) is 10.8 Å². The summed E-state index contributed by atoms with van der Waals surface area (Å²) in [5.74, 6) is -1.21. The number of hydrogen-bond donors (Lipinski definition) is 0. The highest BCUT2D eigenvalue weighted by Crippen LogP contribution is 2.46. The molecule has 1 atom stereocenters. The van der Waals surface area contributed by atoms with Crippen molar-refractivity contribution in [3.63, 3.8) is 0 Å². The largest absolute Gasteiger partial charge is 0.462 e. The lowest BCUT2D eigenvalue weighted by molar-refractivity contribution is -0.147. The fourth-order valence-electron chi connectivity index (χ4n) is 2.52. The molecule has 1 rings (SSSR count). The maximum Gasteiger partial charge on any atom is 0.345 e. The van der Waals surface area contributed by atoms with Crippen LogP contribution in [0.2, 0.25) is 0 Å². The van der Waals surface area contributed by atoms with E-state index in [1.165, 1.54) is 0 Å². The molecule has 1 aliphatic carbocycles. The van der Waals surface area contributed by atoms with Crippen molar-refractivity contribution in [3.8, 4) is 0 Å². The van der Waals surface area contributed by atoms with Gasteiger partial charge in [-0.25, -0.2) is 9.59 Å². The summed E-state index contributed by atoms with van der Waals surface area (Å²) in [6.07, 6.45) is 11.9. The van der Waals surface area contributed by atoms with Crippen molar-refractivity contribution >= 4 is 11.9 Å². The number of carbonyl (C=O) groups is 2. The molecule has 4 nitrogen and oxygen atoms in total. The smallest absolute Gasteiger partial charge is 0.345 e. The van der Waals surface area contributed by atoms with Gasteiger partial charge < -0.3 is 9.47 Å². The number of allylic oxidation sites excluding steroid dienone is 5. The molecule has 134 valence electrons. The quantitative estimate of drug-likeness (QED) is 0.300. The number of esters is 2. The summed E-state index contributed by atoms with van der Waals surface area (Å²) in [5, 5.41) is 0. The van der Waals surface area contributed by atoms with E-state index in [1.807, 2.05) is 38.2 Å². The second-order valence-electron chi connectivity index (χ2n) is 7.11. The minimum Gasteiger partial charge on any atom is -0.462 e. The summed E-state index contributed by atoms with van der Waals surface area (Å²) >= 11 is 0. The Bertz CT molecular complexity index is 512. The van der Waals surface area contributed by atoms with Crippen LogP contribution in [0, 0.1) is 10.8 Å². The lowest BCUT2D eigenvalue weighted by atomic mass is 9.62. The van der Waals surface area contributed by atoms with Gasteiger partial charge in [-0.15, -0.1) is 0 Å². The van der Waals surface area contributed by atoms with Crippen molar-refractivity contribution < 1.29 is 19.1 Å². The molecular formula is C20H30O4. The molecular weight excluding hydrogens is 304 g/mol. The van der Waals surface area contributed by atoms with Gasteiger partial charge in [0.05, 0.1) is 13.2 Å². The molecule has 24 heavy (non-hydrogen) atoms. The predicted octanol–water partition coefficient (Wildman–Crippen LogP) is 4.37. The van der Waals surface area contributed by atoms with E-state index in [9.17, 15) is 9.59 Å². The summed E-state index contributed by atoms with van der Waals surface area (Å²) in [6, 6.07) is 0. The Hall–Kier alpha value is -1.84. The number of carbonyl (C=O) groups excluding carboxylic acids is 2. The van der Waals surface area contributed by atoms with E-state index in [2.05, 4.69) is 20.8 Å². The normalized spacial score (nSPS) is 19.7. The van der Waals surface area contributed by atoms with Gasteiger partial charge in [0.1, 0.15) is 5.57 Å². The zero-order chi connectivity index (χ0) is 18.2. The second kappa shape index (κ2) is 8.86. The summed E-state index contributed by atoms with van der Waals surface area (Å²) in [4.78, 5) is 24.8. The first-order chi connectivity index (χ1) is 11.3. The fourth-order valence-corrected chi connectivity index (χ4v) is 2.52. The van der Waals surface area contributed by atoms with Gasteiger partial charge in [-0.2, -0.15) is 0 Å². The highest BCUT2D eigenvalue weighted by atomic mass is 16.6. The van der Waals surface area contributed by atoms with Crippen LogP contribution < -0.4 is 0 Å². The van der Waals surface area contributed by atoms with Crippen LogP contribution in [0.25, 0.3) is 0 Å². The van der Waals surface area contributed by atoms with Crippen molar-refractivity contribution in [1.82, 2.24) is 0 Å². The van der Waals surface area contributed by atoms with Crippen LogP contribution in [-0.4, -0.2) is 25.2 Å². The Kier molecular flexibility index (Phi) is 7.46. The molecule has 0 aromatic rings. The standard InChI is InChI=1S/C20H30O4/c1-6-13-23-17(21)16(18(22)24-14-7-2)15-20(19(3,4)5)11-9-8-10-12-20/h8-11,15H,6-7,12-14H2,1-5H3. The Morgan fingerprint density at radius 2 is 1.58 bits per heavy atom. The van der Waals surface area contributed by atoms with Gasteiger partial charge in [-0.1, -0.05) is 65.0 Å². The van der Waals surface area contributed by atoms with E-state index in [0.717, 1.165) is 6.42 Å². The fraction of sp³-hybridized carbons (Fsp3) is 0.600. The zero-order valence-corrected chi connectivity index (χ0v) is 15.6. The second-order valence-corrected chi connectivity index (χ2v) is 7.11. The number of hydrogen-bond acceptors (Lipinski definition) is 4. The van der Waals surface area contributed by atoms with Gasteiger partial charge in [0.15, 0.2) is 0 Å². The van der Waals surface area contributed by atoms with E-state index in [4.69, 9.17) is 9.47 Å². The SMILES string of the molecule is CCCOC(=O)C(=CC1(C(C)(C)C)C=CC=CC1)C(=O)OCCC. The van der Waals surface area contributed by atoms with Crippen LogP contribution in [0.15, 0.2) is 36.0 Å². The van der Waals surface area contributed by atoms with E-state index in [-0.39, 0.29) is 24.2 Å². The van der Waals surface area contributed by atoms with Crippen molar-refractivity contribution in [3.05, 3.63) is 36.0 Å². The highest BCUT2D eigenvalue weighted by molar-refractivity contribution is 6.14. The third kappa shape index (κ3) is 5.08. The Balaban J connectivity index is 3.25. The minimum atomic E-state index is -0.607. The van der Waals surface area contributed by atoms with Crippen LogP contribution in [0.5, 0.6) is 0 Å². The average Bonchev–Trinajstić information content (AvgIpc) is 2.55. The maximum atomic E-state index is 12.4. The van der Waals surface area contributed by atoms with Crippen molar-refractivity contribution in [2.45, 2.75) is 53.9 Å². The molecule has 0 amide bonds. The molecule has 0 aliphatic heterocycles. The molecule has 0 spiro atoms. The third-order valence-electron chi connectivity index (χ3n) is 4.21. The van der Waals surface area contributed by atoms with E-state index >= 15 is 0 Å². The van der Waals surface area contributed by atoms with Gasteiger partial charge in [0, 0.05) is 5.41 Å². The highest BCUT2D eigenvalue weighted by Gasteiger charge is 2.40. The zero-order valence-electron chi connectivity index (χ0n) is 15.6. The molecule has 0 saturated carbocycles. The Morgan fingerprint density at radius 3 is 1.96 bits per heavy atom. The first kappa shape index (κ1) is 20.2. The lowest BCUT2D eigenvalue weighted by Crippen LogP contribution is -2.34. The summed E-state index contributed by atoms with van der Waals surface area (Å²) in [7, 11) is 0. The summed E-state index contributed by atoms with van der Waals surface area (Å²) in [6.45, 7) is 10.7. The predicted molar refractivity (Wildman–Crippen MR) is 95.4 cm³/mol. The molecule has 0 heterocycles. The van der Waals surface area contributed by atoms with Crippen LogP contribution >= 0.6 is 0 Å². The van der Waals surface area contributed by atoms with Crippen LogP contribution in [0.4, 0.5) is 0 Å². The van der Waals surface area contributed by atoms with Crippen LogP contribution in [0.1, 0.15) is 53.9 Å². The Morgan fingerprint density at radius 1 is 1.04 bits per heavy atom. The van der Waals surface area contributed by atoms with Gasteiger partial charge >= 0.3 is 11.9 Å². The molecule has 1 aliphatic rings. The topological polar surface area (TPSA) is 52.6 Å². The molecule has 0 aromatic heterocycles. The Labute approximate surface area is 145 Å². The first-order valence-electron chi connectivity index (χ1n) is 8.69. The van der Waals surface area contributed by atoms with E-state index in [1.54, 1.807) is 6.08 Å². The molecule has 0 aromatic carbocycles. The molecule has 1 unspecified atom stereocenters. The maximum absolute atomic E-state index is 12.4. The van der Waals surface area contributed by atoms with Crippen molar-refractivity contribution in [2.75, 3.05) is 13.2 Å². The van der Waals surface area contributed by atoms with E-state index in [0.29, 0.717) is 12.8 Å². The van der Waals surface area contributed by atoms with Gasteiger partial charge in [0.25, 0.3) is 0 Å². The summed E-state index contributed by atoms with van der Waals surface area (Å²) < 4.78 is 10.4. The first-order valence-corrected chi connectivity index (χ1v) is 8.69. The summed E-state index contributed by atoms with van der Waals surface area (Å²) in [5.41, 5.74) is -0.616. The third-order valence-corrected chi connectivity index (χ3v) is 4.21. The minimum absolute atomic E-state index is 0.00762. The molecule has 0 N–H and O–H groups in total. The molecule has 0 radical (unpaired) electrons. The monoisotopic (exact) mass is 334 g/mol. The van der Waals surface area contributed by atoms with Gasteiger partial charge in [0.2, 0.25) is 0 Å². The lowest BCUT2D eigenvalue weighted by Gasteiger charge is -2.41. The molecule has 0 fully saturated rings. The number of rotatable bonds is 7. The molecule has 0 bridgehead atoms. The van der Waals surface area contributed by atoms with Crippen molar-refractivity contribution in [1.29, 1.82) is 0 Å².